The number of carbonyl (C=O) groups is 1. The number of unbranched alkanes of at least 4 members (excludes halogenated alkanes) is 1. The van der Waals surface area contributed by atoms with E-state index in [1.54, 1.807) is 0 Å². The van der Waals surface area contributed by atoms with E-state index in [0.717, 1.165) is 12.8 Å². The monoisotopic (exact) mass is 185 g/mol. The van der Waals surface area contributed by atoms with Crippen molar-refractivity contribution in [2.24, 2.45) is 11.1 Å². The molecule has 1 saturated carbocycles. The number of rotatable bonds is 4. The van der Waals surface area contributed by atoms with Crippen molar-refractivity contribution in [3.63, 3.8) is 0 Å². The zero-order valence-corrected chi connectivity index (χ0v) is 7.82. The lowest BCUT2D eigenvalue weighted by atomic mass is 9.83. The molecule has 0 atom stereocenters. The molecule has 74 valence electrons. The zero-order chi connectivity index (χ0) is 9.68. The first-order valence-electron chi connectivity index (χ1n) is 4.64. The fourth-order valence-electron chi connectivity index (χ4n) is 1.19. The summed E-state index contributed by atoms with van der Waals surface area (Å²) in [4.78, 5) is 11.2. The number of hydrogen-bond donors (Lipinski definition) is 1. The molecule has 0 unspecified atom stereocenters. The van der Waals surface area contributed by atoms with Gasteiger partial charge in [-0.3, -0.25) is 4.79 Å². The van der Waals surface area contributed by atoms with Gasteiger partial charge in [0.25, 0.3) is 0 Å². The van der Waals surface area contributed by atoms with Crippen LogP contribution < -0.4 is 0 Å². The molecule has 1 aliphatic carbocycles. The molecule has 1 rings (SSSR count). The number of nitrogens with zero attached hydrogens (tertiary/aromatic N) is 1. The molecular weight excluding hydrogens is 170 g/mol. The average molecular weight is 185 g/mol. The number of oxime groups is 1. The van der Waals surface area contributed by atoms with Gasteiger partial charge in [0.15, 0.2) is 0 Å². The summed E-state index contributed by atoms with van der Waals surface area (Å²) in [6, 6.07) is 0. The highest BCUT2D eigenvalue weighted by Crippen LogP contribution is 2.25. The molecule has 4 heteroatoms. The number of hydrogen-bond acceptors (Lipinski definition) is 4. The third kappa shape index (κ3) is 2.72. The van der Waals surface area contributed by atoms with Gasteiger partial charge in [0.1, 0.15) is 0 Å². The maximum atomic E-state index is 11.2. The van der Waals surface area contributed by atoms with Crippen LogP contribution >= 0.6 is 0 Å². The third-order valence-electron chi connectivity index (χ3n) is 2.18. The summed E-state index contributed by atoms with van der Waals surface area (Å²) in [6.07, 6.45) is 3.06. The maximum absolute atomic E-state index is 11.2. The minimum Gasteiger partial charge on any atom is -0.465 e. The fourth-order valence-corrected chi connectivity index (χ4v) is 1.19. The standard InChI is InChI=1S/C9H15NO3/c1-2-3-4-13-9(11)7-5-8(6-7)10-12/h7,12H,2-6H2,1H3. The molecule has 0 radical (unpaired) electrons. The highest BCUT2D eigenvalue weighted by molar-refractivity contribution is 5.97. The first-order valence-corrected chi connectivity index (χ1v) is 4.64. The van der Waals surface area contributed by atoms with E-state index >= 15 is 0 Å². The van der Waals surface area contributed by atoms with Crippen molar-refractivity contribution < 1.29 is 14.7 Å². The van der Waals surface area contributed by atoms with Crippen molar-refractivity contribution in [3.8, 4) is 0 Å². The summed E-state index contributed by atoms with van der Waals surface area (Å²) in [6.45, 7) is 2.56. The Kier molecular flexibility index (Phi) is 3.73. The quantitative estimate of drug-likeness (QED) is 0.313. The molecule has 0 heterocycles. The maximum Gasteiger partial charge on any atom is 0.309 e. The van der Waals surface area contributed by atoms with Gasteiger partial charge in [0.2, 0.25) is 0 Å². The Balaban J connectivity index is 2.12. The molecule has 0 saturated heterocycles. The molecule has 0 amide bonds. The van der Waals surface area contributed by atoms with Gasteiger partial charge < -0.3 is 9.94 Å². The van der Waals surface area contributed by atoms with Crippen LogP contribution in [0.4, 0.5) is 0 Å². The minimum absolute atomic E-state index is 0.0669. The van der Waals surface area contributed by atoms with Crippen LogP contribution in [0.1, 0.15) is 32.6 Å². The minimum atomic E-state index is -0.152. The van der Waals surface area contributed by atoms with E-state index in [2.05, 4.69) is 5.16 Å². The van der Waals surface area contributed by atoms with E-state index in [1.165, 1.54) is 0 Å². The van der Waals surface area contributed by atoms with Gasteiger partial charge >= 0.3 is 5.97 Å². The van der Waals surface area contributed by atoms with E-state index in [0.29, 0.717) is 25.2 Å². The molecule has 0 bridgehead atoms. The second-order valence-corrected chi connectivity index (χ2v) is 3.29. The molecule has 1 N–H and O–H groups in total. The molecule has 4 nitrogen and oxygen atoms in total. The SMILES string of the molecule is CCCCOC(=O)C1CC(=NO)C1. The summed E-state index contributed by atoms with van der Waals surface area (Å²) in [5.74, 6) is -0.219. The van der Waals surface area contributed by atoms with Crippen molar-refractivity contribution in [2.75, 3.05) is 6.61 Å². The van der Waals surface area contributed by atoms with Crippen LogP contribution in [0.25, 0.3) is 0 Å². The average Bonchev–Trinajstić information content (AvgIpc) is 2.03. The van der Waals surface area contributed by atoms with Crippen LogP contribution in [-0.2, 0) is 9.53 Å². The fraction of sp³-hybridized carbons (Fsp3) is 0.778. The van der Waals surface area contributed by atoms with Gasteiger partial charge in [-0.25, -0.2) is 0 Å². The Morgan fingerprint density at radius 3 is 2.92 bits per heavy atom. The van der Waals surface area contributed by atoms with Crippen molar-refractivity contribution in [1.82, 2.24) is 0 Å². The molecule has 0 spiro atoms. The normalized spacial score (nSPS) is 20.7. The van der Waals surface area contributed by atoms with Crippen molar-refractivity contribution in [2.45, 2.75) is 32.6 Å². The largest absolute Gasteiger partial charge is 0.465 e. The number of esters is 1. The van der Waals surface area contributed by atoms with E-state index in [-0.39, 0.29) is 11.9 Å². The second-order valence-electron chi connectivity index (χ2n) is 3.29. The Morgan fingerprint density at radius 1 is 1.69 bits per heavy atom. The lowest BCUT2D eigenvalue weighted by Gasteiger charge is -2.24. The summed E-state index contributed by atoms with van der Waals surface area (Å²) in [5, 5.41) is 11.4. The van der Waals surface area contributed by atoms with Crippen LogP contribution in [0.2, 0.25) is 0 Å². The number of carbonyl (C=O) groups excluding carboxylic acids is 1. The Hall–Kier alpha value is -1.06. The van der Waals surface area contributed by atoms with Crippen molar-refractivity contribution in [3.05, 3.63) is 0 Å². The Morgan fingerprint density at radius 2 is 2.38 bits per heavy atom. The van der Waals surface area contributed by atoms with Crippen molar-refractivity contribution in [1.29, 1.82) is 0 Å². The highest BCUT2D eigenvalue weighted by atomic mass is 16.5. The van der Waals surface area contributed by atoms with Crippen molar-refractivity contribution >= 4 is 11.7 Å². The summed E-state index contributed by atoms with van der Waals surface area (Å²) in [7, 11) is 0. The third-order valence-corrected chi connectivity index (χ3v) is 2.18. The predicted molar refractivity (Wildman–Crippen MR) is 47.8 cm³/mol. The predicted octanol–water partition coefficient (Wildman–Crippen LogP) is 1.57. The molecule has 1 fully saturated rings. The van der Waals surface area contributed by atoms with Gasteiger partial charge in [-0.05, 0) is 6.42 Å². The molecule has 0 aromatic rings. The van der Waals surface area contributed by atoms with Gasteiger partial charge in [-0.2, -0.15) is 0 Å². The lowest BCUT2D eigenvalue weighted by molar-refractivity contribution is -0.149. The first kappa shape index (κ1) is 10.0. The van der Waals surface area contributed by atoms with E-state index in [1.807, 2.05) is 6.92 Å². The Labute approximate surface area is 77.6 Å². The zero-order valence-electron chi connectivity index (χ0n) is 7.82. The number of ether oxygens (including phenoxy) is 1. The van der Waals surface area contributed by atoms with E-state index in [9.17, 15) is 4.79 Å². The van der Waals surface area contributed by atoms with Gasteiger partial charge in [-0.15, -0.1) is 0 Å². The van der Waals surface area contributed by atoms with Gasteiger partial charge in [-0.1, -0.05) is 18.5 Å². The summed E-state index contributed by atoms with van der Waals surface area (Å²) in [5.41, 5.74) is 0.692. The topological polar surface area (TPSA) is 58.9 Å². The van der Waals surface area contributed by atoms with Crippen LogP contribution in [0, 0.1) is 5.92 Å². The highest BCUT2D eigenvalue weighted by Gasteiger charge is 2.32. The Bertz CT molecular complexity index is 205. The van der Waals surface area contributed by atoms with Gasteiger partial charge in [0.05, 0.1) is 18.2 Å². The van der Waals surface area contributed by atoms with E-state index in [4.69, 9.17) is 9.94 Å². The van der Waals surface area contributed by atoms with Crippen LogP contribution in [0.3, 0.4) is 0 Å². The first-order chi connectivity index (χ1) is 6.27. The molecule has 0 aliphatic heterocycles. The molecule has 13 heavy (non-hydrogen) atoms. The lowest BCUT2D eigenvalue weighted by Crippen LogP contribution is -2.32. The molecular formula is C9H15NO3. The smallest absolute Gasteiger partial charge is 0.309 e. The summed E-state index contributed by atoms with van der Waals surface area (Å²) < 4.78 is 5.00. The van der Waals surface area contributed by atoms with Crippen LogP contribution in [0.5, 0.6) is 0 Å². The van der Waals surface area contributed by atoms with E-state index < -0.39 is 0 Å². The summed E-state index contributed by atoms with van der Waals surface area (Å²) >= 11 is 0. The molecule has 0 aromatic heterocycles. The molecule has 1 aliphatic rings. The van der Waals surface area contributed by atoms with Gasteiger partial charge in [0, 0.05) is 12.8 Å². The van der Waals surface area contributed by atoms with Crippen LogP contribution in [0.15, 0.2) is 5.16 Å². The van der Waals surface area contributed by atoms with Crippen LogP contribution in [-0.4, -0.2) is 23.5 Å². The second kappa shape index (κ2) is 4.84. The molecule has 0 aromatic carbocycles.